The maximum absolute atomic E-state index is 12.8. The SMILES string of the molecule is Cc1ccc(C)c(S(=O)(=O)Nc2ccccc2C(=O)OCC(=O)NC(C)(C)C)c1. The van der Waals surface area contributed by atoms with Crippen LogP contribution in [0.15, 0.2) is 47.4 Å². The first-order valence-corrected chi connectivity index (χ1v) is 10.5. The van der Waals surface area contributed by atoms with Crippen molar-refractivity contribution in [3.63, 3.8) is 0 Å². The Hall–Kier alpha value is -2.87. The Bertz CT molecular complexity index is 1020. The van der Waals surface area contributed by atoms with E-state index in [1.165, 1.54) is 12.1 Å². The lowest BCUT2D eigenvalue weighted by atomic mass is 10.1. The third-order valence-corrected chi connectivity index (χ3v) is 5.38. The minimum atomic E-state index is -3.91. The monoisotopic (exact) mass is 418 g/mol. The summed E-state index contributed by atoms with van der Waals surface area (Å²) in [6.07, 6.45) is 0. The number of esters is 1. The number of para-hydroxylation sites is 1. The van der Waals surface area contributed by atoms with E-state index in [0.29, 0.717) is 5.56 Å². The first-order valence-electron chi connectivity index (χ1n) is 9.06. The van der Waals surface area contributed by atoms with E-state index in [1.807, 2.05) is 26.8 Å². The van der Waals surface area contributed by atoms with Crippen molar-refractivity contribution in [2.24, 2.45) is 0 Å². The van der Waals surface area contributed by atoms with Crippen LogP contribution in [0.2, 0.25) is 0 Å². The lowest BCUT2D eigenvalue weighted by Crippen LogP contribution is -2.42. The van der Waals surface area contributed by atoms with Gasteiger partial charge in [-0.2, -0.15) is 0 Å². The molecule has 0 bridgehead atoms. The van der Waals surface area contributed by atoms with Crippen molar-refractivity contribution in [2.75, 3.05) is 11.3 Å². The van der Waals surface area contributed by atoms with Gasteiger partial charge in [-0.3, -0.25) is 9.52 Å². The fourth-order valence-electron chi connectivity index (χ4n) is 2.61. The van der Waals surface area contributed by atoms with E-state index in [2.05, 4.69) is 10.0 Å². The zero-order valence-corrected chi connectivity index (χ0v) is 18.0. The number of anilines is 1. The summed E-state index contributed by atoms with van der Waals surface area (Å²) in [7, 11) is -3.91. The molecule has 0 unspecified atom stereocenters. The van der Waals surface area contributed by atoms with E-state index in [-0.39, 0.29) is 16.1 Å². The van der Waals surface area contributed by atoms with Crippen LogP contribution in [0.4, 0.5) is 5.69 Å². The van der Waals surface area contributed by atoms with Gasteiger partial charge < -0.3 is 10.1 Å². The Labute approximate surface area is 171 Å². The summed E-state index contributed by atoms with van der Waals surface area (Å²) in [6, 6.07) is 11.2. The number of hydrogen-bond acceptors (Lipinski definition) is 5. The van der Waals surface area contributed by atoms with Gasteiger partial charge >= 0.3 is 5.97 Å². The van der Waals surface area contributed by atoms with Crippen molar-refractivity contribution in [3.05, 3.63) is 59.2 Å². The largest absolute Gasteiger partial charge is 0.452 e. The molecular formula is C21H26N2O5S. The third-order valence-electron chi connectivity index (χ3n) is 3.87. The highest BCUT2D eigenvalue weighted by atomic mass is 32.2. The molecule has 1 amide bonds. The molecular weight excluding hydrogens is 392 g/mol. The van der Waals surface area contributed by atoms with Gasteiger partial charge in [0.15, 0.2) is 6.61 Å². The average Bonchev–Trinajstić information content (AvgIpc) is 2.60. The Morgan fingerprint density at radius 3 is 2.34 bits per heavy atom. The number of rotatable bonds is 6. The molecule has 0 spiro atoms. The molecule has 2 aromatic rings. The van der Waals surface area contributed by atoms with Crippen molar-refractivity contribution in [1.82, 2.24) is 5.32 Å². The Balaban J connectivity index is 2.21. The summed E-state index contributed by atoms with van der Waals surface area (Å²) in [6.45, 7) is 8.46. The third kappa shape index (κ3) is 6.32. The highest BCUT2D eigenvalue weighted by molar-refractivity contribution is 7.92. The lowest BCUT2D eigenvalue weighted by molar-refractivity contribution is -0.125. The van der Waals surface area contributed by atoms with E-state index in [9.17, 15) is 18.0 Å². The molecule has 29 heavy (non-hydrogen) atoms. The molecule has 8 heteroatoms. The molecule has 0 aliphatic carbocycles. The van der Waals surface area contributed by atoms with Gasteiger partial charge in [-0.05, 0) is 63.9 Å². The molecule has 0 heterocycles. The van der Waals surface area contributed by atoms with E-state index in [4.69, 9.17) is 4.74 Å². The normalized spacial score (nSPS) is 11.6. The second-order valence-electron chi connectivity index (χ2n) is 7.79. The van der Waals surface area contributed by atoms with E-state index in [0.717, 1.165) is 5.56 Å². The van der Waals surface area contributed by atoms with Crippen LogP contribution in [0.1, 0.15) is 42.3 Å². The molecule has 2 rings (SSSR count). The van der Waals surface area contributed by atoms with Gasteiger partial charge in [-0.15, -0.1) is 0 Å². The highest BCUT2D eigenvalue weighted by Crippen LogP contribution is 2.23. The number of carbonyl (C=O) groups is 2. The Morgan fingerprint density at radius 1 is 1.03 bits per heavy atom. The smallest absolute Gasteiger partial charge is 0.340 e. The molecule has 0 radical (unpaired) electrons. The number of carbonyl (C=O) groups excluding carboxylic acids is 2. The van der Waals surface area contributed by atoms with Crippen LogP contribution < -0.4 is 10.0 Å². The minimum absolute atomic E-state index is 0.0185. The van der Waals surface area contributed by atoms with Crippen molar-refractivity contribution in [3.8, 4) is 0 Å². The molecule has 156 valence electrons. The average molecular weight is 419 g/mol. The number of amides is 1. The number of ether oxygens (including phenoxy) is 1. The van der Waals surface area contributed by atoms with E-state index in [1.54, 1.807) is 38.1 Å². The molecule has 0 atom stereocenters. The molecule has 0 aliphatic heterocycles. The van der Waals surface area contributed by atoms with Crippen LogP contribution in [0.5, 0.6) is 0 Å². The molecule has 0 aliphatic rings. The van der Waals surface area contributed by atoms with Gasteiger partial charge in [-0.25, -0.2) is 13.2 Å². The molecule has 0 fully saturated rings. The number of hydrogen-bond donors (Lipinski definition) is 2. The molecule has 0 saturated heterocycles. The molecule has 7 nitrogen and oxygen atoms in total. The number of benzene rings is 2. The minimum Gasteiger partial charge on any atom is -0.452 e. The van der Waals surface area contributed by atoms with Crippen molar-refractivity contribution in [1.29, 1.82) is 0 Å². The maximum Gasteiger partial charge on any atom is 0.340 e. The van der Waals surface area contributed by atoms with Crippen molar-refractivity contribution >= 4 is 27.6 Å². The van der Waals surface area contributed by atoms with Crippen LogP contribution in [-0.4, -0.2) is 32.4 Å². The predicted molar refractivity (Wildman–Crippen MR) is 111 cm³/mol. The van der Waals surface area contributed by atoms with Crippen molar-refractivity contribution in [2.45, 2.75) is 45.1 Å². The lowest BCUT2D eigenvalue weighted by Gasteiger charge is -2.20. The standard InChI is InChI=1S/C21H26N2O5S/c1-14-10-11-15(2)18(12-14)29(26,27)23-17-9-7-6-8-16(17)20(25)28-13-19(24)22-21(3,4)5/h6-12,23H,13H2,1-5H3,(H,22,24). The first kappa shape index (κ1) is 22.4. The topological polar surface area (TPSA) is 102 Å². The van der Waals surface area contributed by atoms with E-state index < -0.39 is 34.0 Å². The second-order valence-corrected chi connectivity index (χ2v) is 9.45. The molecule has 2 aromatic carbocycles. The Kier molecular flexibility index (Phi) is 6.69. The van der Waals surface area contributed by atoms with Gasteiger partial charge in [0.25, 0.3) is 15.9 Å². The first-order chi connectivity index (χ1) is 13.4. The van der Waals surface area contributed by atoms with Gasteiger partial charge in [0, 0.05) is 5.54 Å². The van der Waals surface area contributed by atoms with Crippen molar-refractivity contribution < 1.29 is 22.7 Å². The summed E-state index contributed by atoms with van der Waals surface area (Å²) in [5.41, 5.74) is 1.03. The van der Waals surface area contributed by atoms with Gasteiger partial charge in [0.2, 0.25) is 0 Å². The summed E-state index contributed by atoms with van der Waals surface area (Å²) in [5, 5.41) is 2.68. The zero-order chi connectivity index (χ0) is 21.8. The summed E-state index contributed by atoms with van der Waals surface area (Å²) in [4.78, 5) is 24.4. The quantitative estimate of drug-likeness (QED) is 0.702. The highest BCUT2D eigenvalue weighted by Gasteiger charge is 2.22. The van der Waals surface area contributed by atoms with Crippen LogP contribution in [-0.2, 0) is 19.6 Å². The predicted octanol–water partition coefficient (Wildman–Crippen LogP) is 3.18. The van der Waals surface area contributed by atoms with Crippen LogP contribution in [0.25, 0.3) is 0 Å². The number of sulfonamides is 1. The maximum atomic E-state index is 12.8. The summed E-state index contributed by atoms with van der Waals surface area (Å²) >= 11 is 0. The Morgan fingerprint density at radius 2 is 1.69 bits per heavy atom. The van der Waals surface area contributed by atoms with Gasteiger partial charge in [0.1, 0.15) is 0 Å². The van der Waals surface area contributed by atoms with E-state index >= 15 is 0 Å². The number of nitrogens with one attached hydrogen (secondary N) is 2. The van der Waals surface area contributed by atoms with Gasteiger partial charge in [-0.1, -0.05) is 24.3 Å². The van der Waals surface area contributed by atoms with Crippen LogP contribution >= 0.6 is 0 Å². The fraction of sp³-hybridized carbons (Fsp3) is 0.333. The molecule has 0 saturated carbocycles. The van der Waals surface area contributed by atoms with Gasteiger partial charge in [0.05, 0.1) is 16.1 Å². The summed E-state index contributed by atoms with van der Waals surface area (Å²) in [5.74, 6) is -1.24. The fourth-order valence-corrected chi connectivity index (χ4v) is 4.02. The molecule has 0 aromatic heterocycles. The number of aryl methyl sites for hydroxylation is 2. The van der Waals surface area contributed by atoms with Crippen LogP contribution in [0, 0.1) is 13.8 Å². The summed E-state index contributed by atoms with van der Waals surface area (Å²) < 4.78 is 33.2. The zero-order valence-electron chi connectivity index (χ0n) is 17.2. The molecule has 2 N–H and O–H groups in total. The van der Waals surface area contributed by atoms with Crippen LogP contribution in [0.3, 0.4) is 0 Å². The second kappa shape index (κ2) is 8.65.